The maximum atomic E-state index is 12.3. The van der Waals surface area contributed by atoms with Gasteiger partial charge in [-0.3, -0.25) is 4.79 Å². The molecule has 0 aromatic heterocycles. The first-order valence-corrected chi connectivity index (χ1v) is 7.37. The van der Waals surface area contributed by atoms with Crippen molar-refractivity contribution in [2.75, 3.05) is 6.54 Å². The highest BCUT2D eigenvalue weighted by atomic mass is 16.4. The molecular formula is C14H25N3O4. The minimum Gasteiger partial charge on any atom is -0.480 e. The van der Waals surface area contributed by atoms with Gasteiger partial charge in [-0.1, -0.05) is 20.3 Å². The molecule has 4 atom stereocenters. The normalized spacial score (nSPS) is 25.0. The molecule has 0 aliphatic carbocycles. The molecule has 0 radical (unpaired) electrons. The number of carbonyl (C=O) groups is 3. The molecule has 7 heteroatoms. The summed E-state index contributed by atoms with van der Waals surface area (Å²) < 4.78 is 0. The summed E-state index contributed by atoms with van der Waals surface area (Å²) in [7, 11) is 0. The van der Waals surface area contributed by atoms with E-state index >= 15 is 0 Å². The summed E-state index contributed by atoms with van der Waals surface area (Å²) >= 11 is 0. The Hall–Kier alpha value is -1.79. The van der Waals surface area contributed by atoms with Crippen LogP contribution in [0.2, 0.25) is 0 Å². The van der Waals surface area contributed by atoms with Crippen LogP contribution in [0.4, 0.5) is 4.79 Å². The third kappa shape index (κ3) is 4.34. The summed E-state index contributed by atoms with van der Waals surface area (Å²) in [5, 5.41) is 11.8. The van der Waals surface area contributed by atoms with Gasteiger partial charge in [0, 0.05) is 12.6 Å². The minimum absolute atomic E-state index is 0.0352. The van der Waals surface area contributed by atoms with Gasteiger partial charge in [0.2, 0.25) is 5.91 Å². The first-order chi connectivity index (χ1) is 9.77. The Bertz CT molecular complexity index is 413. The number of hydrogen-bond donors (Lipinski definition) is 3. The zero-order valence-corrected chi connectivity index (χ0v) is 12.8. The van der Waals surface area contributed by atoms with Gasteiger partial charge in [0.15, 0.2) is 0 Å². The van der Waals surface area contributed by atoms with Crippen LogP contribution in [0, 0.1) is 11.8 Å². The molecule has 21 heavy (non-hydrogen) atoms. The number of amides is 3. The third-order valence-electron chi connectivity index (χ3n) is 4.30. The zero-order chi connectivity index (χ0) is 16.2. The number of carboxylic acids is 1. The lowest BCUT2D eigenvalue weighted by Gasteiger charge is -2.37. The fourth-order valence-corrected chi connectivity index (χ4v) is 2.52. The summed E-state index contributed by atoms with van der Waals surface area (Å²) in [6.07, 6.45) is 1.99. The molecule has 3 amide bonds. The molecule has 120 valence electrons. The van der Waals surface area contributed by atoms with Crippen molar-refractivity contribution >= 4 is 17.9 Å². The highest BCUT2D eigenvalue weighted by Gasteiger charge is 2.34. The van der Waals surface area contributed by atoms with E-state index in [1.807, 2.05) is 13.8 Å². The Morgan fingerprint density at radius 3 is 2.48 bits per heavy atom. The Labute approximate surface area is 124 Å². The lowest BCUT2D eigenvalue weighted by atomic mass is 9.93. The summed E-state index contributed by atoms with van der Waals surface area (Å²) in [6, 6.07) is -1.41. The Balaban J connectivity index is 2.75. The third-order valence-corrected chi connectivity index (χ3v) is 4.30. The number of carbonyl (C=O) groups excluding carboxylic acids is 2. The Kier molecular flexibility index (Phi) is 5.99. The molecule has 7 nitrogen and oxygen atoms in total. The summed E-state index contributed by atoms with van der Waals surface area (Å²) in [5.74, 6) is -2.00. The number of piperidine rings is 1. The quantitative estimate of drug-likeness (QED) is 0.696. The van der Waals surface area contributed by atoms with E-state index in [0.717, 1.165) is 0 Å². The van der Waals surface area contributed by atoms with Crippen LogP contribution in [-0.4, -0.2) is 46.5 Å². The van der Waals surface area contributed by atoms with Crippen molar-refractivity contribution in [1.29, 1.82) is 0 Å². The molecule has 1 saturated heterocycles. The van der Waals surface area contributed by atoms with Crippen molar-refractivity contribution in [3.8, 4) is 0 Å². The number of carboxylic acid groups (broad SMARTS) is 1. The molecule has 0 aromatic rings. The lowest BCUT2D eigenvalue weighted by Crippen LogP contribution is -2.56. The van der Waals surface area contributed by atoms with Crippen LogP contribution < -0.4 is 11.1 Å². The van der Waals surface area contributed by atoms with E-state index in [4.69, 9.17) is 5.73 Å². The van der Waals surface area contributed by atoms with Gasteiger partial charge in [0.1, 0.15) is 6.04 Å². The van der Waals surface area contributed by atoms with Gasteiger partial charge in [-0.15, -0.1) is 0 Å². The SMILES string of the molecule is CCC(C)C(NC(=O)N1CC(C(N)=O)CCC1C)C(=O)O. The highest BCUT2D eigenvalue weighted by molar-refractivity contribution is 5.84. The molecule has 0 aromatic carbocycles. The maximum absolute atomic E-state index is 12.3. The van der Waals surface area contributed by atoms with Crippen molar-refractivity contribution in [2.45, 2.75) is 52.1 Å². The van der Waals surface area contributed by atoms with Gasteiger partial charge in [-0.05, 0) is 25.7 Å². The van der Waals surface area contributed by atoms with Crippen molar-refractivity contribution < 1.29 is 19.5 Å². The van der Waals surface area contributed by atoms with Gasteiger partial charge < -0.3 is 21.1 Å². The fourth-order valence-electron chi connectivity index (χ4n) is 2.52. The second kappa shape index (κ2) is 7.28. The fraction of sp³-hybridized carbons (Fsp3) is 0.786. The first-order valence-electron chi connectivity index (χ1n) is 7.37. The molecule has 1 aliphatic rings. The van der Waals surface area contributed by atoms with Gasteiger partial charge in [0.25, 0.3) is 0 Å². The number of primary amides is 1. The van der Waals surface area contributed by atoms with Crippen molar-refractivity contribution in [3.63, 3.8) is 0 Å². The topological polar surface area (TPSA) is 113 Å². The van der Waals surface area contributed by atoms with E-state index in [1.165, 1.54) is 4.90 Å². The highest BCUT2D eigenvalue weighted by Crippen LogP contribution is 2.22. The van der Waals surface area contributed by atoms with E-state index in [1.54, 1.807) is 6.92 Å². The monoisotopic (exact) mass is 299 g/mol. The number of urea groups is 1. The van der Waals surface area contributed by atoms with Crippen LogP contribution in [0.25, 0.3) is 0 Å². The Morgan fingerprint density at radius 2 is 2.00 bits per heavy atom. The molecular weight excluding hydrogens is 274 g/mol. The van der Waals surface area contributed by atoms with Crippen LogP contribution in [0.15, 0.2) is 0 Å². The predicted octanol–water partition coefficient (Wildman–Crippen LogP) is 0.781. The molecule has 0 bridgehead atoms. The zero-order valence-electron chi connectivity index (χ0n) is 12.8. The summed E-state index contributed by atoms with van der Waals surface area (Å²) in [4.78, 5) is 36.4. The van der Waals surface area contributed by atoms with Crippen molar-refractivity contribution in [3.05, 3.63) is 0 Å². The molecule has 0 spiro atoms. The lowest BCUT2D eigenvalue weighted by molar-refractivity contribution is -0.140. The Morgan fingerprint density at radius 1 is 1.38 bits per heavy atom. The van der Waals surface area contributed by atoms with Crippen molar-refractivity contribution in [1.82, 2.24) is 10.2 Å². The molecule has 0 saturated carbocycles. The number of nitrogens with one attached hydrogen (secondary N) is 1. The second-order valence-corrected chi connectivity index (χ2v) is 5.83. The van der Waals surface area contributed by atoms with Crippen LogP contribution in [0.1, 0.15) is 40.0 Å². The van der Waals surface area contributed by atoms with Crippen LogP contribution in [-0.2, 0) is 9.59 Å². The van der Waals surface area contributed by atoms with Crippen LogP contribution >= 0.6 is 0 Å². The van der Waals surface area contributed by atoms with Gasteiger partial charge in [-0.2, -0.15) is 0 Å². The number of nitrogens with zero attached hydrogens (tertiary/aromatic N) is 1. The maximum Gasteiger partial charge on any atom is 0.326 e. The molecule has 1 aliphatic heterocycles. The number of nitrogens with two attached hydrogens (primary N) is 1. The average Bonchev–Trinajstić information content (AvgIpc) is 2.43. The minimum atomic E-state index is -1.05. The molecule has 1 heterocycles. The first kappa shape index (κ1) is 17.3. The largest absolute Gasteiger partial charge is 0.480 e. The van der Waals surface area contributed by atoms with Gasteiger partial charge >= 0.3 is 12.0 Å². The van der Waals surface area contributed by atoms with E-state index in [9.17, 15) is 19.5 Å². The molecule has 4 N–H and O–H groups in total. The van der Waals surface area contributed by atoms with Crippen molar-refractivity contribution in [2.24, 2.45) is 17.6 Å². The van der Waals surface area contributed by atoms with Crippen LogP contribution in [0.5, 0.6) is 0 Å². The van der Waals surface area contributed by atoms with Gasteiger partial charge in [0.05, 0.1) is 5.92 Å². The smallest absolute Gasteiger partial charge is 0.326 e. The van der Waals surface area contributed by atoms with E-state index in [2.05, 4.69) is 5.32 Å². The van der Waals surface area contributed by atoms with E-state index in [-0.39, 0.29) is 24.4 Å². The second-order valence-electron chi connectivity index (χ2n) is 5.83. The van der Waals surface area contributed by atoms with E-state index < -0.39 is 23.9 Å². The molecule has 4 unspecified atom stereocenters. The molecule has 1 fully saturated rings. The number of aliphatic carboxylic acids is 1. The summed E-state index contributed by atoms with van der Waals surface area (Å²) in [6.45, 7) is 5.79. The number of hydrogen-bond acceptors (Lipinski definition) is 3. The van der Waals surface area contributed by atoms with Crippen LogP contribution in [0.3, 0.4) is 0 Å². The molecule has 1 rings (SSSR count). The number of likely N-dealkylation sites (tertiary alicyclic amines) is 1. The van der Waals surface area contributed by atoms with E-state index in [0.29, 0.717) is 19.3 Å². The summed E-state index contributed by atoms with van der Waals surface area (Å²) in [5.41, 5.74) is 5.30. The predicted molar refractivity (Wildman–Crippen MR) is 77.5 cm³/mol. The van der Waals surface area contributed by atoms with Gasteiger partial charge in [-0.25, -0.2) is 9.59 Å². The number of rotatable bonds is 5. The average molecular weight is 299 g/mol. The standard InChI is InChI=1S/C14H25N3O4/c1-4-8(2)11(13(19)20)16-14(21)17-7-10(12(15)18)6-5-9(17)3/h8-11H,4-7H2,1-3H3,(H2,15,18)(H,16,21)(H,19,20).